The third-order valence-electron chi connectivity index (χ3n) is 4.01. The fourth-order valence-electron chi connectivity index (χ4n) is 2.83. The first kappa shape index (κ1) is 16.3. The lowest BCUT2D eigenvalue weighted by atomic mass is 10.1. The van der Waals surface area contributed by atoms with Crippen LogP contribution in [0.15, 0.2) is 66.7 Å². The van der Waals surface area contributed by atoms with Crippen LogP contribution in [0.1, 0.15) is 27.3 Å². The second-order valence-corrected chi connectivity index (χ2v) is 6.14. The Kier molecular flexibility index (Phi) is 4.68. The zero-order chi connectivity index (χ0) is 17.1. The van der Waals surface area contributed by atoms with E-state index in [1.165, 1.54) is 0 Å². The van der Waals surface area contributed by atoms with Crippen molar-refractivity contribution < 1.29 is 4.79 Å². The molecule has 0 spiro atoms. The largest absolute Gasteiger partial charge is 0.318 e. The predicted octanol–water partition coefficient (Wildman–Crippen LogP) is 5.64. The number of hydrogen-bond acceptors (Lipinski definition) is 1. The Hall–Kier alpha value is -2.58. The number of hydrogen-bond donors (Lipinski definition) is 0. The average molecular weight is 336 g/mol. The van der Waals surface area contributed by atoms with Gasteiger partial charge >= 0.3 is 0 Å². The van der Waals surface area contributed by atoms with E-state index in [1.807, 2.05) is 74.5 Å². The Morgan fingerprint density at radius 3 is 2.46 bits per heavy atom. The van der Waals surface area contributed by atoms with Crippen molar-refractivity contribution in [2.24, 2.45) is 0 Å². The number of carbonyl (C=O) groups excluding carboxylic acids is 1. The molecule has 0 saturated heterocycles. The van der Waals surface area contributed by atoms with E-state index in [0.29, 0.717) is 10.6 Å². The molecule has 24 heavy (non-hydrogen) atoms. The van der Waals surface area contributed by atoms with E-state index in [9.17, 15) is 4.79 Å². The molecule has 0 bridgehead atoms. The van der Waals surface area contributed by atoms with Crippen molar-refractivity contribution in [3.63, 3.8) is 0 Å². The summed E-state index contributed by atoms with van der Waals surface area (Å²) in [7, 11) is 0. The van der Waals surface area contributed by atoms with Crippen LogP contribution >= 0.6 is 11.6 Å². The number of halogens is 1. The fourth-order valence-corrected chi connectivity index (χ4v) is 3.02. The Bertz CT molecular complexity index is 907. The van der Waals surface area contributed by atoms with Crippen LogP contribution in [0.2, 0.25) is 5.02 Å². The van der Waals surface area contributed by atoms with Crippen LogP contribution in [0.25, 0.3) is 11.8 Å². The smallest absolute Gasteiger partial charge is 0.185 e. The highest BCUT2D eigenvalue weighted by Gasteiger charge is 2.09. The maximum Gasteiger partial charge on any atom is 0.185 e. The summed E-state index contributed by atoms with van der Waals surface area (Å²) >= 11 is 6.10. The van der Waals surface area contributed by atoms with Crippen molar-refractivity contribution in [3.8, 4) is 5.69 Å². The molecule has 0 N–H and O–H groups in total. The highest BCUT2D eigenvalue weighted by Crippen LogP contribution is 2.23. The minimum Gasteiger partial charge on any atom is -0.318 e. The Morgan fingerprint density at radius 2 is 1.75 bits per heavy atom. The molecule has 3 heteroatoms. The number of ketones is 1. The first-order valence-corrected chi connectivity index (χ1v) is 8.16. The SMILES string of the molecule is Cc1cc(/C=C/C(=O)c2ccccc2)c(C)n1-c1cccc(Cl)c1. The average Bonchev–Trinajstić information content (AvgIpc) is 2.87. The van der Waals surface area contributed by atoms with Crippen molar-refractivity contribution in [2.45, 2.75) is 13.8 Å². The van der Waals surface area contributed by atoms with E-state index in [2.05, 4.69) is 10.6 Å². The molecule has 1 aromatic heterocycles. The van der Waals surface area contributed by atoms with Crippen LogP contribution in [-0.2, 0) is 0 Å². The van der Waals surface area contributed by atoms with E-state index in [4.69, 9.17) is 11.6 Å². The summed E-state index contributed by atoms with van der Waals surface area (Å²) in [6.45, 7) is 4.09. The van der Waals surface area contributed by atoms with Gasteiger partial charge in [0.1, 0.15) is 0 Å². The zero-order valence-electron chi connectivity index (χ0n) is 13.7. The molecule has 0 saturated carbocycles. The molecule has 2 nitrogen and oxygen atoms in total. The second-order valence-electron chi connectivity index (χ2n) is 5.71. The van der Waals surface area contributed by atoms with Gasteiger partial charge in [-0.05, 0) is 55.8 Å². The van der Waals surface area contributed by atoms with E-state index in [0.717, 1.165) is 22.6 Å². The molecule has 0 radical (unpaired) electrons. The summed E-state index contributed by atoms with van der Waals surface area (Å²) in [6, 6.07) is 19.1. The van der Waals surface area contributed by atoms with Crippen molar-refractivity contribution in [1.82, 2.24) is 4.57 Å². The maximum absolute atomic E-state index is 12.2. The molecule has 0 fully saturated rings. The topological polar surface area (TPSA) is 22.0 Å². The van der Waals surface area contributed by atoms with Gasteiger partial charge in [-0.1, -0.05) is 48.0 Å². The molecule has 0 aliphatic heterocycles. The molecule has 3 aromatic rings. The molecule has 0 atom stereocenters. The van der Waals surface area contributed by atoms with E-state index in [1.54, 1.807) is 6.08 Å². The summed E-state index contributed by atoms with van der Waals surface area (Å²) in [5.74, 6) is 0.00292. The van der Waals surface area contributed by atoms with Crippen LogP contribution in [0.3, 0.4) is 0 Å². The quantitative estimate of drug-likeness (QED) is 0.446. The monoisotopic (exact) mass is 335 g/mol. The number of carbonyl (C=O) groups is 1. The predicted molar refractivity (Wildman–Crippen MR) is 100 cm³/mol. The molecular weight excluding hydrogens is 318 g/mol. The summed E-state index contributed by atoms with van der Waals surface area (Å²) in [5, 5.41) is 0.705. The van der Waals surface area contributed by atoms with Crippen LogP contribution < -0.4 is 0 Å². The van der Waals surface area contributed by atoms with Gasteiger partial charge in [-0.25, -0.2) is 0 Å². The highest BCUT2D eigenvalue weighted by atomic mass is 35.5. The van der Waals surface area contributed by atoms with Gasteiger partial charge in [0, 0.05) is 27.7 Å². The Balaban J connectivity index is 1.92. The second kappa shape index (κ2) is 6.90. The minimum atomic E-state index is 0.00292. The normalized spacial score (nSPS) is 11.1. The lowest BCUT2D eigenvalue weighted by Gasteiger charge is -2.09. The van der Waals surface area contributed by atoms with Crippen molar-refractivity contribution in [3.05, 3.63) is 94.3 Å². The number of rotatable bonds is 4. The van der Waals surface area contributed by atoms with Gasteiger partial charge in [0.15, 0.2) is 5.78 Å². The molecule has 0 amide bonds. The molecule has 0 aliphatic carbocycles. The molecular formula is C21H18ClNO. The summed E-state index contributed by atoms with van der Waals surface area (Å²) < 4.78 is 2.14. The van der Waals surface area contributed by atoms with Crippen LogP contribution in [0.4, 0.5) is 0 Å². The number of aromatic nitrogens is 1. The van der Waals surface area contributed by atoms with Crippen molar-refractivity contribution in [2.75, 3.05) is 0 Å². The lowest BCUT2D eigenvalue weighted by molar-refractivity contribution is 0.104. The van der Waals surface area contributed by atoms with E-state index < -0.39 is 0 Å². The fraction of sp³-hybridized carbons (Fsp3) is 0.0952. The number of allylic oxidation sites excluding steroid dienone is 1. The third-order valence-corrected chi connectivity index (χ3v) is 4.24. The Labute approximate surface area is 147 Å². The standard InChI is InChI=1S/C21H18ClNO/c1-15-13-18(11-12-21(24)17-7-4-3-5-8-17)16(2)23(15)20-10-6-9-19(22)14-20/h3-14H,1-2H3/b12-11+. The minimum absolute atomic E-state index is 0.00292. The zero-order valence-corrected chi connectivity index (χ0v) is 14.4. The molecule has 1 heterocycles. The van der Waals surface area contributed by atoms with E-state index in [-0.39, 0.29) is 5.78 Å². The summed E-state index contributed by atoms with van der Waals surface area (Å²) in [5.41, 5.74) is 4.91. The molecule has 0 unspecified atom stereocenters. The van der Waals surface area contributed by atoms with Gasteiger partial charge in [-0.15, -0.1) is 0 Å². The first-order valence-electron chi connectivity index (χ1n) is 7.78. The molecule has 2 aromatic carbocycles. The van der Waals surface area contributed by atoms with Gasteiger partial charge in [0.05, 0.1) is 0 Å². The number of nitrogens with zero attached hydrogens (tertiary/aromatic N) is 1. The van der Waals surface area contributed by atoms with Gasteiger partial charge in [0.2, 0.25) is 0 Å². The Morgan fingerprint density at radius 1 is 1.00 bits per heavy atom. The molecule has 120 valence electrons. The van der Waals surface area contributed by atoms with Gasteiger partial charge in [-0.3, -0.25) is 4.79 Å². The van der Waals surface area contributed by atoms with Gasteiger partial charge < -0.3 is 4.57 Å². The van der Waals surface area contributed by atoms with Crippen molar-refractivity contribution >= 4 is 23.5 Å². The van der Waals surface area contributed by atoms with Gasteiger partial charge in [-0.2, -0.15) is 0 Å². The lowest BCUT2D eigenvalue weighted by Crippen LogP contribution is -1.99. The van der Waals surface area contributed by atoms with Crippen molar-refractivity contribution in [1.29, 1.82) is 0 Å². The highest BCUT2D eigenvalue weighted by molar-refractivity contribution is 6.30. The third kappa shape index (κ3) is 3.34. The van der Waals surface area contributed by atoms with Crippen LogP contribution in [0.5, 0.6) is 0 Å². The maximum atomic E-state index is 12.2. The number of benzene rings is 2. The van der Waals surface area contributed by atoms with E-state index >= 15 is 0 Å². The first-order chi connectivity index (χ1) is 11.6. The molecule has 0 aliphatic rings. The molecule has 3 rings (SSSR count). The number of aryl methyl sites for hydroxylation is 1. The summed E-state index contributed by atoms with van der Waals surface area (Å²) in [4.78, 5) is 12.2. The van der Waals surface area contributed by atoms with Crippen LogP contribution in [-0.4, -0.2) is 10.4 Å². The van der Waals surface area contributed by atoms with Gasteiger partial charge in [0.25, 0.3) is 0 Å². The van der Waals surface area contributed by atoms with Crippen LogP contribution in [0, 0.1) is 13.8 Å². The summed E-state index contributed by atoms with van der Waals surface area (Å²) in [6.07, 6.45) is 3.50.